The molecule has 1 aromatic heterocycles. The molecule has 1 aromatic rings. The molecule has 2 aliphatic rings. The fourth-order valence-corrected chi connectivity index (χ4v) is 4.85. The van der Waals surface area contributed by atoms with Gasteiger partial charge in [-0.15, -0.1) is 0 Å². The van der Waals surface area contributed by atoms with E-state index in [0.717, 1.165) is 61.2 Å². The zero-order valence-electron chi connectivity index (χ0n) is 13.9. The maximum absolute atomic E-state index is 12.4. The third-order valence-corrected chi connectivity index (χ3v) is 6.13. The highest BCUT2D eigenvalue weighted by molar-refractivity contribution is 7.99. The van der Waals surface area contributed by atoms with Crippen LogP contribution in [0.1, 0.15) is 23.4 Å². The van der Waals surface area contributed by atoms with Crippen LogP contribution < -0.4 is 5.32 Å². The first-order chi connectivity index (χ1) is 11.1. The molecule has 0 aliphatic carbocycles. The van der Waals surface area contributed by atoms with Crippen LogP contribution in [0.15, 0.2) is 4.52 Å². The van der Waals surface area contributed by atoms with E-state index in [2.05, 4.69) is 15.4 Å². The minimum atomic E-state index is 0.0453. The number of thioether (sulfide) groups is 1. The Bertz CT molecular complexity index is 529. The van der Waals surface area contributed by atoms with Gasteiger partial charge in [0.15, 0.2) is 0 Å². The number of hydrogen-bond acceptors (Lipinski definition) is 6. The molecule has 2 saturated heterocycles. The fraction of sp³-hybridized carbons (Fsp3) is 0.750. The quantitative estimate of drug-likeness (QED) is 0.868. The molecule has 2 fully saturated rings. The first kappa shape index (κ1) is 16.8. The summed E-state index contributed by atoms with van der Waals surface area (Å²) < 4.78 is 10.6. The highest BCUT2D eigenvalue weighted by Crippen LogP contribution is 2.33. The molecule has 0 spiro atoms. The Kier molecular flexibility index (Phi) is 5.28. The highest BCUT2D eigenvalue weighted by Gasteiger charge is 2.40. The van der Waals surface area contributed by atoms with Crippen LogP contribution in [0.25, 0.3) is 0 Å². The second-order valence-corrected chi connectivity index (χ2v) is 7.49. The molecule has 0 saturated carbocycles. The normalized spacial score (nSPS) is 25.7. The second kappa shape index (κ2) is 7.23. The van der Waals surface area contributed by atoms with Crippen LogP contribution >= 0.6 is 11.8 Å². The summed E-state index contributed by atoms with van der Waals surface area (Å²) in [7, 11) is 0. The Balaban J connectivity index is 1.59. The number of aryl methyl sites for hydroxylation is 2. The highest BCUT2D eigenvalue weighted by atomic mass is 32.2. The average Bonchev–Trinajstić information content (AvgIpc) is 3.17. The summed E-state index contributed by atoms with van der Waals surface area (Å²) >= 11 is 1.98. The third-order valence-electron chi connectivity index (χ3n) is 4.90. The molecule has 23 heavy (non-hydrogen) atoms. The Hall–Kier alpha value is -1.05. The van der Waals surface area contributed by atoms with Crippen molar-refractivity contribution in [2.45, 2.75) is 32.2 Å². The molecule has 0 unspecified atom stereocenters. The van der Waals surface area contributed by atoms with Crippen molar-refractivity contribution in [3.63, 3.8) is 0 Å². The number of morpholine rings is 1. The third kappa shape index (κ3) is 3.72. The fourth-order valence-electron chi connectivity index (χ4n) is 3.38. The molecule has 1 amide bonds. The van der Waals surface area contributed by atoms with Gasteiger partial charge in [-0.2, -0.15) is 11.8 Å². The number of carbonyl (C=O) groups excluding carboxylic acids is 1. The van der Waals surface area contributed by atoms with Gasteiger partial charge in [0.2, 0.25) is 5.91 Å². The van der Waals surface area contributed by atoms with E-state index < -0.39 is 0 Å². The monoisotopic (exact) mass is 339 g/mol. The molecule has 128 valence electrons. The van der Waals surface area contributed by atoms with Gasteiger partial charge in [0.1, 0.15) is 5.76 Å². The Labute approximate surface area is 141 Å². The van der Waals surface area contributed by atoms with Gasteiger partial charge in [-0.1, -0.05) is 5.16 Å². The van der Waals surface area contributed by atoms with E-state index in [0.29, 0.717) is 13.0 Å². The van der Waals surface area contributed by atoms with Gasteiger partial charge in [0, 0.05) is 36.5 Å². The SMILES string of the molecule is Cc1noc(C)c1CC(=O)NC[C@@]1(N2CCOCC2)CCSC1. The lowest BCUT2D eigenvalue weighted by atomic mass is 9.95. The van der Waals surface area contributed by atoms with Crippen molar-refractivity contribution >= 4 is 17.7 Å². The van der Waals surface area contributed by atoms with E-state index in [4.69, 9.17) is 9.26 Å². The minimum Gasteiger partial charge on any atom is -0.379 e. The summed E-state index contributed by atoms with van der Waals surface area (Å²) in [5.41, 5.74) is 1.80. The van der Waals surface area contributed by atoms with Gasteiger partial charge in [-0.05, 0) is 26.0 Å². The smallest absolute Gasteiger partial charge is 0.224 e. The number of aromatic nitrogens is 1. The lowest BCUT2D eigenvalue weighted by molar-refractivity contribution is -0.121. The molecule has 3 heterocycles. The van der Waals surface area contributed by atoms with Crippen molar-refractivity contribution in [3.05, 3.63) is 17.0 Å². The zero-order valence-corrected chi connectivity index (χ0v) is 14.7. The second-order valence-electron chi connectivity index (χ2n) is 6.38. The van der Waals surface area contributed by atoms with Crippen LogP contribution in [0.3, 0.4) is 0 Å². The number of amides is 1. The van der Waals surface area contributed by atoms with Crippen LogP contribution in [0.4, 0.5) is 0 Å². The first-order valence-corrected chi connectivity index (χ1v) is 9.35. The van der Waals surface area contributed by atoms with E-state index in [1.54, 1.807) is 0 Å². The minimum absolute atomic E-state index is 0.0453. The number of rotatable bonds is 5. The molecule has 7 heteroatoms. The van der Waals surface area contributed by atoms with Gasteiger partial charge >= 0.3 is 0 Å². The maximum atomic E-state index is 12.4. The van der Waals surface area contributed by atoms with Gasteiger partial charge < -0.3 is 14.6 Å². The van der Waals surface area contributed by atoms with Crippen LogP contribution in [-0.4, -0.2) is 65.9 Å². The molecular formula is C16H25N3O3S. The van der Waals surface area contributed by atoms with E-state index >= 15 is 0 Å². The number of hydrogen-bond donors (Lipinski definition) is 1. The van der Waals surface area contributed by atoms with Gasteiger partial charge in [0.25, 0.3) is 0 Å². The van der Waals surface area contributed by atoms with Crippen molar-refractivity contribution in [1.82, 2.24) is 15.4 Å². The number of carbonyl (C=O) groups is 1. The summed E-state index contributed by atoms with van der Waals surface area (Å²) in [6.07, 6.45) is 1.47. The first-order valence-electron chi connectivity index (χ1n) is 8.20. The molecule has 2 aliphatic heterocycles. The van der Waals surface area contributed by atoms with E-state index in [-0.39, 0.29) is 11.4 Å². The molecule has 0 bridgehead atoms. The van der Waals surface area contributed by atoms with E-state index in [9.17, 15) is 4.79 Å². The van der Waals surface area contributed by atoms with E-state index in [1.165, 1.54) is 0 Å². The lowest BCUT2D eigenvalue weighted by Gasteiger charge is -2.43. The van der Waals surface area contributed by atoms with Gasteiger partial charge in [-0.3, -0.25) is 9.69 Å². The molecule has 3 rings (SSSR count). The van der Waals surface area contributed by atoms with Crippen molar-refractivity contribution in [1.29, 1.82) is 0 Å². The largest absolute Gasteiger partial charge is 0.379 e. The van der Waals surface area contributed by atoms with Gasteiger partial charge in [-0.25, -0.2) is 0 Å². The van der Waals surface area contributed by atoms with Crippen molar-refractivity contribution in [2.75, 3.05) is 44.4 Å². The topological polar surface area (TPSA) is 67.6 Å². The summed E-state index contributed by atoms with van der Waals surface area (Å²) in [5.74, 6) is 3.02. The molecule has 0 radical (unpaired) electrons. The number of nitrogens with zero attached hydrogens (tertiary/aromatic N) is 2. The predicted molar refractivity (Wildman–Crippen MR) is 89.8 cm³/mol. The molecule has 1 atom stereocenters. The predicted octanol–water partition coefficient (Wildman–Crippen LogP) is 1.16. The van der Waals surface area contributed by atoms with Crippen molar-refractivity contribution in [2.24, 2.45) is 0 Å². The molecule has 1 N–H and O–H groups in total. The summed E-state index contributed by atoms with van der Waals surface area (Å²) in [6, 6.07) is 0. The summed E-state index contributed by atoms with van der Waals surface area (Å²) in [5, 5.41) is 7.06. The molecule has 6 nitrogen and oxygen atoms in total. The van der Waals surface area contributed by atoms with Crippen LogP contribution in [0.5, 0.6) is 0 Å². The molecule has 0 aromatic carbocycles. The summed E-state index contributed by atoms with van der Waals surface area (Å²) in [4.78, 5) is 14.9. The maximum Gasteiger partial charge on any atom is 0.224 e. The number of ether oxygens (including phenoxy) is 1. The molecular weight excluding hydrogens is 314 g/mol. The van der Waals surface area contributed by atoms with Gasteiger partial charge in [0.05, 0.1) is 25.3 Å². The standard InChI is InChI=1S/C16H25N3O3S/c1-12-14(13(2)22-18-12)9-15(20)17-10-16(3-8-23-11-16)19-4-6-21-7-5-19/h3-11H2,1-2H3,(H,17,20)/t16-/m0/s1. The van der Waals surface area contributed by atoms with Crippen molar-refractivity contribution < 1.29 is 14.1 Å². The van der Waals surface area contributed by atoms with Crippen LogP contribution in [0, 0.1) is 13.8 Å². The number of nitrogens with one attached hydrogen (secondary N) is 1. The Morgan fingerprint density at radius 3 is 2.78 bits per heavy atom. The van der Waals surface area contributed by atoms with Crippen LogP contribution in [0.2, 0.25) is 0 Å². The van der Waals surface area contributed by atoms with Crippen molar-refractivity contribution in [3.8, 4) is 0 Å². The Morgan fingerprint density at radius 2 is 2.17 bits per heavy atom. The lowest BCUT2D eigenvalue weighted by Crippen LogP contribution is -2.59. The average molecular weight is 339 g/mol. The van der Waals surface area contributed by atoms with Crippen LogP contribution in [-0.2, 0) is 16.0 Å². The zero-order chi connectivity index (χ0) is 16.3. The Morgan fingerprint density at radius 1 is 1.39 bits per heavy atom. The summed E-state index contributed by atoms with van der Waals surface area (Å²) in [6.45, 7) is 7.94. The van der Waals surface area contributed by atoms with E-state index in [1.807, 2.05) is 25.6 Å².